The van der Waals surface area contributed by atoms with Crippen molar-refractivity contribution in [2.75, 3.05) is 0 Å². The average Bonchev–Trinajstić information content (AvgIpc) is 2.77. The summed E-state index contributed by atoms with van der Waals surface area (Å²) >= 11 is 0. The smallest absolute Gasteiger partial charge is 0.410 e. The highest BCUT2D eigenvalue weighted by atomic mass is 16.6. The van der Waals surface area contributed by atoms with Crippen LogP contribution in [0.2, 0.25) is 0 Å². The first kappa shape index (κ1) is 16.6. The maximum Gasteiger partial charge on any atom is 0.410 e. The maximum atomic E-state index is 13.0. The Bertz CT molecular complexity index is 704. The van der Waals surface area contributed by atoms with Crippen LogP contribution in [-0.4, -0.2) is 34.5 Å². The number of carbonyl (C=O) groups excluding carboxylic acids is 2. The third-order valence-electron chi connectivity index (χ3n) is 5.86. The van der Waals surface area contributed by atoms with Gasteiger partial charge >= 0.3 is 6.09 Å². The lowest BCUT2D eigenvalue weighted by Gasteiger charge is -2.39. The predicted octanol–water partition coefficient (Wildman–Crippen LogP) is 4.15. The van der Waals surface area contributed by atoms with E-state index in [1.54, 1.807) is 0 Å². The number of Topliss-reactive ketones (excluding diaryl/α,β-unsaturated/α-hetero) is 1. The van der Waals surface area contributed by atoms with Gasteiger partial charge in [-0.2, -0.15) is 0 Å². The van der Waals surface area contributed by atoms with Crippen LogP contribution < -0.4 is 0 Å². The molecule has 2 aliphatic heterocycles. The Kier molecular flexibility index (Phi) is 3.89. The highest BCUT2D eigenvalue weighted by Crippen LogP contribution is 2.41. The third-order valence-corrected chi connectivity index (χ3v) is 5.86. The molecule has 0 aromatic heterocycles. The summed E-state index contributed by atoms with van der Waals surface area (Å²) in [5.74, 6) is 0.296. The number of aryl methyl sites for hydroxylation is 2. The van der Waals surface area contributed by atoms with E-state index in [1.807, 2.05) is 31.7 Å². The predicted molar refractivity (Wildman–Crippen MR) is 95.8 cm³/mol. The van der Waals surface area contributed by atoms with E-state index in [2.05, 4.69) is 12.1 Å². The molecule has 2 unspecified atom stereocenters. The van der Waals surface area contributed by atoms with Gasteiger partial charge in [0.1, 0.15) is 5.60 Å². The minimum Gasteiger partial charge on any atom is -0.444 e. The molecule has 0 radical (unpaired) electrons. The summed E-state index contributed by atoms with van der Waals surface area (Å²) in [7, 11) is 0. The van der Waals surface area contributed by atoms with Crippen LogP contribution in [0.15, 0.2) is 18.2 Å². The average molecular weight is 341 g/mol. The number of benzene rings is 1. The molecule has 134 valence electrons. The van der Waals surface area contributed by atoms with E-state index in [9.17, 15) is 9.59 Å². The monoisotopic (exact) mass is 341 g/mol. The first-order chi connectivity index (χ1) is 11.8. The molecule has 0 N–H and O–H groups in total. The summed E-state index contributed by atoms with van der Waals surface area (Å²) in [5.41, 5.74) is 3.10. The fraction of sp³-hybridized carbons (Fsp3) is 0.619. The Morgan fingerprint density at radius 3 is 2.20 bits per heavy atom. The van der Waals surface area contributed by atoms with Crippen LogP contribution in [0.1, 0.15) is 67.9 Å². The van der Waals surface area contributed by atoms with Crippen molar-refractivity contribution < 1.29 is 14.3 Å². The van der Waals surface area contributed by atoms with Gasteiger partial charge in [0.05, 0.1) is 0 Å². The molecule has 1 aromatic rings. The zero-order valence-corrected chi connectivity index (χ0v) is 15.4. The maximum absolute atomic E-state index is 13.0. The Morgan fingerprint density at radius 2 is 1.68 bits per heavy atom. The van der Waals surface area contributed by atoms with Crippen LogP contribution in [0.25, 0.3) is 0 Å². The fourth-order valence-corrected chi connectivity index (χ4v) is 4.59. The Hall–Kier alpha value is -1.84. The van der Waals surface area contributed by atoms with Crippen molar-refractivity contribution in [1.29, 1.82) is 0 Å². The molecule has 2 atom stereocenters. The number of amides is 1. The molecule has 2 bridgehead atoms. The van der Waals surface area contributed by atoms with Gasteiger partial charge in [0, 0.05) is 23.6 Å². The molecule has 2 heterocycles. The summed E-state index contributed by atoms with van der Waals surface area (Å²) in [5, 5.41) is 0. The van der Waals surface area contributed by atoms with Crippen molar-refractivity contribution in [2.24, 2.45) is 5.92 Å². The Balaban J connectivity index is 1.46. The minimum absolute atomic E-state index is 0.0364. The van der Waals surface area contributed by atoms with E-state index in [1.165, 1.54) is 11.1 Å². The molecule has 1 amide bonds. The van der Waals surface area contributed by atoms with Crippen molar-refractivity contribution in [3.63, 3.8) is 0 Å². The highest BCUT2D eigenvalue weighted by Gasteiger charge is 2.46. The second-order valence-electron chi connectivity index (χ2n) is 8.79. The van der Waals surface area contributed by atoms with Crippen LogP contribution in [0, 0.1) is 5.92 Å². The first-order valence-electron chi connectivity index (χ1n) is 9.49. The molecule has 4 rings (SSSR count). The molecule has 2 saturated heterocycles. The SMILES string of the molecule is CC(C)(C)OC(=O)N1C2CCC1CC(C(=O)c1ccc3c(c1)CC3)C2. The standard InChI is InChI=1S/C21H27NO3/c1-21(2,3)25-20(24)22-17-8-9-18(22)12-16(11-17)19(23)15-7-5-13-4-6-14(13)10-15/h5,7,10,16-18H,4,6,8-9,11-12H2,1-3H3. The summed E-state index contributed by atoms with van der Waals surface area (Å²) in [6, 6.07) is 6.48. The van der Waals surface area contributed by atoms with E-state index in [0.29, 0.717) is 0 Å². The van der Waals surface area contributed by atoms with Crippen LogP contribution >= 0.6 is 0 Å². The lowest BCUT2D eigenvalue weighted by molar-refractivity contribution is 0.00254. The summed E-state index contributed by atoms with van der Waals surface area (Å²) < 4.78 is 5.58. The lowest BCUT2D eigenvalue weighted by Crippen LogP contribution is -2.49. The van der Waals surface area contributed by atoms with Gasteiger partial charge in [0.2, 0.25) is 0 Å². The van der Waals surface area contributed by atoms with Crippen LogP contribution in [-0.2, 0) is 17.6 Å². The molecule has 3 aliphatic rings. The molecule has 0 saturated carbocycles. The second-order valence-corrected chi connectivity index (χ2v) is 8.79. The summed E-state index contributed by atoms with van der Waals surface area (Å²) in [6.45, 7) is 5.69. The molecule has 0 spiro atoms. The Labute approximate surface area is 149 Å². The molecule has 1 aliphatic carbocycles. The van der Waals surface area contributed by atoms with E-state index >= 15 is 0 Å². The van der Waals surface area contributed by atoms with E-state index in [4.69, 9.17) is 4.74 Å². The lowest BCUT2D eigenvalue weighted by atomic mass is 9.81. The zero-order valence-electron chi connectivity index (χ0n) is 15.4. The number of ether oxygens (including phenoxy) is 1. The van der Waals surface area contributed by atoms with Gasteiger partial charge in [-0.25, -0.2) is 4.79 Å². The third kappa shape index (κ3) is 3.07. The van der Waals surface area contributed by atoms with Gasteiger partial charge in [-0.1, -0.05) is 12.1 Å². The van der Waals surface area contributed by atoms with E-state index in [-0.39, 0.29) is 29.9 Å². The number of rotatable bonds is 2. The topological polar surface area (TPSA) is 46.6 Å². The highest BCUT2D eigenvalue weighted by molar-refractivity contribution is 5.98. The summed E-state index contributed by atoms with van der Waals surface area (Å²) in [6.07, 6.45) is 5.53. The fourth-order valence-electron chi connectivity index (χ4n) is 4.59. The molecule has 4 nitrogen and oxygen atoms in total. The number of carbonyl (C=O) groups is 2. The largest absolute Gasteiger partial charge is 0.444 e. The van der Waals surface area contributed by atoms with Crippen molar-refractivity contribution in [2.45, 2.75) is 77.0 Å². The van der Waals surface area contributed by atoms with Gasteiger partial charge in [-0.3, -0.25) is 4.79 Å². The molecular formula is C21H27NO3. The van der Waals surface area contributed by atoms with Gasteiger partial charge < -0.3 is 9.64 Å². The number of ketones is 1. The molecule has 4 heteroatoms. The van der Waals surface area contributed by atoms with Crippen molar-refractivity contribution >= 4 is 11.9 Å². The van der Waals surface area contributed by atoms with Crippen LogP contribution in [0.4, 0.5) is 4.79 Å². The van der Waals surface area contributed by atoms with Gasteiger partial charge in [-0.05, 0) is 76.5 Å². The molecular weight excluding hydrogens is 314 g/mol. The zero-order chi connectivity index (χ0) is 17.8. The van der Waals surface area contributed by atoms with Crippen LogP contribution in [0.5, 0.6) is 0 Å². The van der Waals surface area contributed by atoms with Gasteiger partial charge in [-0.15, -0.1) is 0 Å². The second kappa shape index (κ2) is 5.86. The van der Waals surface area contributed by atoms with Crippen molar-refractivity contribution in [3.8, 4) is 0 Å². The number of hydrogen-bond donors (Lipinski definition) is 0. The van der Waals surface area contributed by atoms with Crippen molar-refractivity contribution in [3.05, 3.63) is 34.9 Å². The van der Waals surface area contributed by atoms with Crippen molar-refractivity contribution in [1.82, 2.24) is 4.90 Å². The van der Waals surface area contributed by atoms with Gasteiger partial charge in [0.25, 0.3) is 0 Å². The Morgan fingerprint density at radius 1 is 1.04 bits per heavy atom. The summed E-state index contributed by atoms with van der Waals surface area (Å²) in [4.78, 5) is 27.4. The number of hydrogen-bond acceptors (Lipinski definition) is 3. The first-order valence-corrected chi connectivity index (χ1v) is 9.49. The van der Waals surface area contributed by atoms with Crippen LogP contribution in [0.3, 0.4) is 0 Å². The number of fused-ring (bicyclic) bond motifs is 3. The van der Waals surface area contributed by atoms with Gasteiger partial charge in [0.15, 0.2) is 5.78 Å². The quantitative estimate of drug-likeness (QED) is 0.759. The van der Waals surface area contributed by atoms with E-state index in [0.717, 1.165) is 44.1 Å². The number of piperidine rings is 1. The normalized spacial score (nSPS) is 27.5. The molecule has 25 heavy (non-hydrogen) atoms. The molecule has 2 fully saturated rings. The molecule has 1 aromatic carbocycles. The number of nitrogens with zero attached hydrogens (tertiary/aromatic N) is 1. The van der Waals surface area contributed by atoms with E-state index < -0.39 is 5.60 Å². The minimum atomic E-state index is -0.477.